The Labute approximate surface area is 129 Å². The molecule has 114 valence electrons. The Morgan fingerprint density at radius 3 is 2.90 bits per heavy atom. The third-order valence-corrected chi connectivity index (χ3v) is 3.91. The van der Waals surface area contributed by atoms with Gasteiger partial charge in [-0.3, -0.25) is 9.59 Å². The van der Waals surface area contributed by atoms with Crippen LogP contribution in [0.1, 0.15) is 18.1 Å². The molecule has 1 aromatic rings. The van der Waals surface area contributed by atoms with E-state index < -0.39 is 0 Å². The third kappa shape index (κ3) is 3.95. The lowest BCUT2D eigenvalue weighted by atomic mass is 10.1. The molecule has 21 heavy (non-hydrogen) atoms. The maximum absolute atomic E-state index is 12.1. The molecule has 1 aliphatic rings. The van der Waals surface area contributed by atoms with E-state index in [2.05, 4.69) is 5.32 Å². The average Bonchev–Trinajstić information content (AvgIpc) is 2.79. The summed E-state index contributed by atoms with van der Waals surface area (Å²) in [5.74, 6) is -0.385. The van der Waals surface area contributed by atoms with Crippen molar-refractivity contribution < 1.29 is 14.3 Å². The maximum atomic E-state index is 12.1. The van der Waals surface area contributed by atoms with E-state index in [1.807, 2.05) is 18.2 Å². The first-order valence-electron chi connectivity index (χ1n) is 6.81. The van der Waals surface area contributed by atoms with Crippen LogP contribution in [0, 0.1) is 5.92 Å². The molecular weight excluding hydrogens is 292 g/mol. The van der Waals surface area contributed by atoms with E-state index in [-0.39, 0.29) is 30.3 Å². The first-order valence-corrected chi connectivity index (χ1v) is 7.19. The van der Waals surface area contributed by atoms with Gasteiger partial charge in [-0.05, 0) is 17.7 Å². The lowest BCUT2D eigenvalue weighted by Crippen LogP contribution is -2.35. The summed E-state index contributed by atoms with van der Waals surface area (Å²) in [7, 11) is 3.30. The van der Waals surface area contributed by atoms with E-state index in [4.69, 9.17) is 16.3 Å². The monoisotopic (exact) mass is 310 g/mol. The number of carbonyl (C=O) groups is 2. The van der Waals surface area contributed by atoms with Gasteiger partial charge < -0.3 is 15.0 Å². The van der Waals surface area contributed by atoms with E-state index >= 15 is 0 Å². The summed E-state index contributed by atoms with van der Waals surface area (Å²) < 4.78 is 5.40. The van der Waals surface area contributed by atoms with Crippen molar-refractivity contribution >= 4 is 23.4 Å². The van der Waals surface area contributed by atoms with Gasteiger partial charge in [0.15, 0.2) is 0 Å². The van der Waals surface area contributed by atoms with Crippen LogP contribution in [0.3, 0.4) is 0 Å². The zero-order chi connectivity index (χ0) is 15.4. The number of hydrogen-bond acceptors (Lipinski definition) is 3. The summed E-state index contributed by atoms with van der Waals surface area (Å²) in [5, 5.41) is 3.48. The van der Waals surface area contributed by atoms with Crippen molar-refractivity contribution in [3.05, 3.63) is 34.9 Å². The SMILES string of the molecule is COC(CNC(=O)C1CC(=O)N(C)C1)c1cccc(Cl)c1. The molecule has 1 fully saturated rings. The van der Waals surface area contributed by atoms with Crippen LogP contribution in [0.2, 0.25) is 5.02 Å². The summed E-state index contributed by atoms with van der Waals surface area (Å²) >= 11 is 5.96. The van der Waals surface area contributed by atoms with Gasteiger partial charge in [0, 0.05) is 38.7 Å². The Morgan fingerprint density at radius 2 is 2.33 bits per heavy atom. The lowest BCUT2D eigenvalue weighted by molar-refractivity contribution is -0.128. The number of nitrogens with one attached hydrogen (secondary N) is 1. The first-order chi connectivity index (χ1) is 10.0. The Kier molecular flexibility index (Phi) is 5.20. The number of benzene rings is 1. The van der Waals surface area contributed by atoms with E-state index in [0.29, 0.717) is 18.1 Å². The van der Waals surface area contributed by atoms with Crippen molar-refractivity contribution in [1.82, 2.24) is 10.2 Å². The molecule has 0 aromatic heterocycles. The molecule has 1 saturated heterocycles. The van der Waals surface area contributed by atoms with Gasteiger partial charge in [-0.15, -0.1) is 0 Å². The molecule has 2 amide bonds. The van der Waals surface area contributed by atoms with Crippen molar-refractivity contribution in [1.29, 1.82) is 0 Å². The second kappa shape index (κ2) is 6.91. The van der Waals surface area contributed by atoms with Gasteiger partial charge in [-0.2, -0.15) is 0 Å². The highest BCUT2D eigenvalue weighted by Crippen LogP contribution is 2.20. The van der Waals surface area contributed by atoms with Crippen molar-refractivity contribution in [2.24, 2.45) is 5.92 Å². The van der Waals surface area contributed by atoms with Gasteiger partial charge in [-0.25, -0.2) is 0 Å². The van der Waals surface area contributed by atoms with Crippen LogP contribution in [-0.4, -0.2) is 44.0 Å². The zero-order valence-electron chi connectivity index (χ0n) is 12.1. The molecule has 1 heterocycles. The van der Waals surface area contributed by atoms with Crippen LogP contribution >= 0.6 is 11.6 Å². The Morgan fingerprint density at radius 1 is 1.57 bits per heavy atom. The smallest absolute Gasteiger partial charge is 0.225 e. The third-order valence-electron chi connectivity index (χ3n) is 3.68. The van der Waals surface area contributed by atoms with Gasteiger partial charge in [-0.1, -0.05) is 23.7 Å². The molecule has 0 radical (unpaired) electrons. The zero-order valence-corrected chi connectivity index (χ0v) is 12.9. The number of nitrogens with zero attached hydrogens (tertiary/aromatic N) is 1. The van der Waals surface area contributed by atoms with Gasteiger partial charge >= 0.3 is 0 Å². The van der Waals surface area contributed by atoms with Crippen LogP contribution in [0.4, 0.5) is 0 Å². The quantitative estimate of drug-likeness (QED) is 0.899. The Balaban J connectivity index is 1.91. The molecule has 0 bridgehead atoms. The summed E-state index contributed by atoms with van der Waals surface area (Å²) in [5.41, 5.74) is 0.907. The summed E-state index contributed by atoms with van der Waals surface area (Å²) in [6.45, 7) is 0.823. The van der Waals surface area contributed by atoms with Crippen LogP contribution in [0.25, 0.3) is 0 Å². The predicted molar refractivity (Wildman–Crippen MR) is 80.0 cm³/mol. The van der Waals surface area contributed by atoms with Gasteiger partial charge in [0.2, 0.25) is 11.8 Å². The van der Waals surface area contributed by atoms with Gasteiger partial charge in [0.05, 0.1) is 12.0 Å². The van der Waals surface area contributed by atoms with E-state index in [1.165, 1.54) is 0 Å². The number of ether oxygens (including phenoxy) is 1. The number of carbonyl (C=O) groups excluding carboxylic acids is 2. The number of halogens is 1. The summed E-state index contributed by atoms with van der Waals surface area (Å²) in [4.78, 5) is 25.1. The second-order valence-electron chi connectivity index (χ2n) is 5.20. The van der Waals surface area contributed by atoms with Crippen LogP contribution in [0.15, 0.2) is 24.3 Å². The number of amides is 2. The van der Waals surface area contributed by atoms with Crippen LogP contribution < -0.4 is 5.32 Å². The molecular formula is C15H19ClN2O3. The molecule has 0 spiro atoms. The fourth-order valence-corrected chi connectivity index (χ4v) is 2.62. The summed E-state index contributed by atoms with van der Waals surface area (Å²) in [6, 6.07) is 7.35. The number of likely N-dealkylation sites (tertiary alicyclic amines) is 1. The minimum Gasteiger partial charge on any atom is -0.375 e. The summed E-state index contributed by atoms with van der Waals surface area (Å²) in [6.07, 6.45) is 0.0134. The molecule has 2 unspecified atom stereocenters. The maximum Gasteiger partial charge on any atom is 0.225 e. The fourth-order valence-electron chi connectivity index (χ4n) is 2.42. The molecule has 2 atom stereocenters. The minimum atomic E-state index is -0.278. The molecule has 2 rings (SSSR count). The largest absolute Gasteiger partial charge is 0.375 e. The van der Waals surface area contributed by atoms with Crippen molar-refractivity contribution in [2.45, 2.75) is 12.5 Å². The van der Waals surface area contributed by atoms with Gasteiger partial charge in [0.25, 0.3) is 0 Å². The Hall–Kier alpha value is -1.59. The Bertz CT molecular complexity index is 535. The second-order valence-corrected chi connectivity index (χ2v) is 5.64. The molecule has 1 N–H and O–H groups in total. The van der Waals surface area contributed by atoms with E-state index in [0.717, 1.165) is 5.56 Å². The number of hydrogen-bond donors (Lipinski definition) is 1. The minimum absolute atomic E-state index is 0.00767. The molecule has 5 nitrogen and oxygen atoms in total. The van der Waals surface area contributed by atoms with Gasteiger partial charge in [0.1, 0.15) is 0 Å². The highest BCUT2D eigenvalue weighted by atomic mass is 35.5. The lowest BCUT2D eigenvalue weighted by Gasteiger charge is -2.18. The average molecular weight is 311 g/mol. The van der Waals surface area contributed by atoms with E-state index in [1.54, 1.807) is 25.1 Å². The molecule has 6 heteroatoms. The highest BCUT2D eigenvalue weighted by Gasteiger charge is 2.32. The van der Waals surface area contributed by atoms with Crippen LogP contribution in [0.5, 0.6) is 0 Å². The number of methoxy groups -OCH3 is 1. The van der Waals surface area contributed by atoms with Crippen LogP contribution in [-0.2, 0) is 14.3 Å². The van der Waals surface area contributed by atoms with E-state index in [9.17, 15) is 9.59 Å². The fraction of sp³-hybridized carbons (Fsp3) is 0.467. The van der Waals surface area contributed by atoms with Crippen molar-refractivity contribution in [2.75, 3.05) is 27.2 Å². The predicted octanol–water partition coefficient (Wildman–Crippen LogP) is 1.62. The molecule has 1 aliphatic heterocycles. The number of rotatable bonds is 5. The first kappa shape index (κ1) is 15.8. The van der Waals surface area contributed by atoms with Crippen molar-refractivity contribution in [3.63, 3.8) is 0 Å². The normalized spacial score (nSPS) is 19.7. The van der Waals surface area contributed by atoms with Crippen molar-refractivity contribution in [3.8, 4) is 0 Å². The topological polar surface area (TPSA) is 58.6 Å². The molecule has 0 aliphatic carbocycles. The highest BCUT2D eigenvalue weighted by molar-refractivity contribution is 6.30. The molecule has 1 aromatic carbocycles. The standard InChI is InChI=1S/C15H19ClN2O3/c1-18-9-11(7-14(18)19)15(20)17-8-13(21-2)10-4-3-5-12(16)6-10/h3-6,11,13H,7-9H2,1-2H3,(H,17,20). The molecule has 0 saturated carbocycles.